The fraction of sp³-hybridized carbons (Fsp3) is 0.571. The molecule has 1 atom stereocenters. The van der Waals surface area contributed by atoms with Gasteiger partial charge in [0.2, 0.25) is 10.0 Å². The molecule has 5 nitrogen and oxygen atoms in total. The number of benzene rings is 1. The molecular formula is C14H23NO4S. The molecule has 1 N–H and O–H groups in total. The van der Waals surface area contributed by atoms with Crippen LogP contribution in [-0.2, 0) is 10.0 Å². The lowest BCUT2D eigenvalue weighted by Crippen LogP contribution is -2.32. The van der Waals surface area contributed by atoms with Gasteiger partial charge in [-0.3, -0.25) is 0 Å². The molecule has 0 amide bonds. The molecule has 0 radical (unpaired) electrons. The molecule has 0 fully saturated rings. The van der Waals surface area contributed by atoms with Gasteiger partial charge in [0.05, 0.1) is 18.1 Å². The third kappa shape index (κ3) is 4.38. The first-order chi connectivity index (χ1) is 9.44. The third-order valence-corrected chi connectivity index (χ3v) is 4.38. The van der Waals surface area contributed by atoms with Crippen LogP contribution in [0.25, 0.3) is 0 Å². The first-order valence-corrected chi connectivity index (χ1v) is 8.34. The van der Waals surface area contributed by atoms with Crippen LogP contribution >= 0.6 is 0 Å². The monoisotopic (exact) mass is 301 g/mol. The van der Waals surface area contributed by atoms with E-state index in [1.165, 1.54) is 12.1 Å². The Balaban J connectivity index is 3.10. The summed E-state index contributed by atoms with van der Waals surface area (Å²) in [5.41, 5.74) is 0. The van der Waals surface area contributed by atoms with Gasteiger partial charge in [-0.25, -0.2) is 13.1 Å². The number of sulfonamides is 1. The van der Waals surface area contributed by atoms with Crippen LogP contribution in [0.4, 0.5) is 0 Å². The molecule has 114 valence electrons. The Morgan fingerprint density at radius 1 is 1.10 bits per heavy atom. The number of hydrogen-bond acceptors (Lipinski definition) is 4. The SMILES string of the molecule is CCOc1ccc(S(=O)(=O)NC(C)CC)cc1OCC. The Morgan fingerprint density at radius 2 is 1.70 bits per heavy atom. The predicted molar refractivity (Wildman–Crippen MR) is 78.9 cm³/mol. The fourth-order valence-electron chi connectivity index (χ4n) is 1.61. The van der Waals surface area contributed by atoms with E-state index in [-0.39, 0.29) is 10.9 Å². The summed E-state index contributed by atoms with van der Waals surface area (Å²) in [7, 11) is -3.53. The summed E-state index contributed by atoms with van der Waals surface area (Å²) >= 11 is 0. The molecule has 0 spiro atoms. The van der Waals surface area contributed by atoms with Crippen molar-refractivity contribution in [3.63, 3.8) is 0 Å². The Labute approximate surface area is 121 Å². The average Bonchev–Trinajstić information content (AvgIpc) is 2.40. The zero-order valence-electron chi connectivity index (χ0n) is 12.5. The number of rotatable bonds is 8. The van der Waals surface area contributed by atoms with Gasteiger partial charge in [0, 0.05) is 12.1 Å². The largest absolute Gasteiger partial charge is 0.490 e. The van der Waals surface area contributed by atoms with Crippen LogP contribution < -0.4 is 14.2 Å². The summed E-state index contributed by atoms with van der Waals surface area (Å²) in [6.07, 6.45) is 0.731. The molecule has 1 unspecified atom stereocenters. The minimum Gasteiger partial charge on any atom is -0.490 e. The average molecular weight is 301 g/mol. The smallest absolute Gasteiger partial charge is 0.240 e. The molecule has 0 bridgehead atoms. The van der Waals surface area contributed by atoms with Crippen LogP contribution in [0.5, 0.6) is 11.5 Å². The van der Waals surface area contributed by atoms with Crippen molar-refractivity contribution in [1.29, 1.82) is 0 Å². The summed E-state index contributed by atoms with van der Waals surface area (Å²) < 4.78 is 37.9. The Kier molecular flexibility index (Phi) is 6.29. The Morgan fingerprint density at radius 3 is 2.25 bits per heavy atom. The van der Waals surface area contributed by atoms with E-state index in [1.807, 2.05) is 27.7 Å². The zero-order chi connectivity index (χ0) is 15.2. The molecular weight excluding hydrogens is 278 g/mol. The number of nitrogens with one attached hydrogen (secondary N) is 1. The lowest BCUT2D eigenvalue weighted by atomic mass is 10.3. The van der Waals surface area contributed by atoms with Crippen LogP contribution in [0, 0.1) is 0 Å². The molecule has 1 rings (SSSR count). The van der Waals surface area contributed by atoms with E-state index in [0.29, 0.717) is 24.7 Å². The van der Waals surface area contributed by atoms with Gasteiger partial charge in [-0.1, -0.05) is 6.92 Å². The third-order valence-electron chi connectivity index (χ3n) is 2.79. The van der Waals surface area contributed by atoms with Crippen molar-refractivity contribution < 1.29 is 17.9 Å². The second-order valence-corrected chi connectivity index (χ2v) is 6.12. The molecule has 6 heteroatoms. The molecule has 0 aliphatic heterocycles. The van der Waals surface area contributed by atoms with Gasteiger partial charge in [-0.15, -0.1) is 0 Å². The van der Waals surface area contributed by atoms with Crippen molar-refractivity contribution in [2.75, 3.05) is 13.2 Å². The highest BCUT2D eigenvalue weighted by Crippen LogP contribution is 2.30. The normalized spacial score (nSPS) is 13.0. The second kappa shape index (κ2) is 7.50. The quantitative estimate of drug-likeness (QED) is 0.801. The van der Waals surface area contributed by atoms with E-state index in [2.05, 4.69) is 4.72 Å². The Hall–Kier alpha value is -1.27. The van der Waals surface area contributed by atoms with E-state index < -0.39 is 10.0 Å². The van der Waals surface area contributed by atoms with E-state index in [9.17, 15) is 8.42 Å². The maximum Gasteiger partial charge on any atom is 0.240 e. The van der Waals surface area contributed by atoms with Crippen LogP contribution in [-0.4, -0.2) is 27.7 Å². The maximum absolute atomic E-state index is 12.2. The van der Waals surface area contributed by atoms with Crippen molar-refractivity contribution >= 4 is 10.0 Å². The van der Waals surface area contributed by atoms with E-state index >= 15 is 0 Å². The summed E-state index contributed by atoms with van der Waals surface area (Å²) in [5.74, 6) is 0.998. The summed E-state index contributed by atoms with van der Waals surface area (Å²) in [4.78, 5) is 0.185. The van der Waals surface area contributed by atoms with Crippen molar-refractivity contribution in [3.8, 4) is 11.5 Å². The standard InChI is InChI=1S/C14H23NO4S/c1-5-11(4)15-20(16,17)12-8-9-13(18-6-2)14(10-12)19-7-3/h8-11,15H,5-7H2,1-4H3. The summed E-state index contributed by atoms with van der Waals surface area (Å²) in [6, 6.07) is 4.54. The maximum atomic E-state index is 12.2. The minimum absolute atomic E-state index is 0.109. The molecule has 0 saturated heterocycles. The number of hydrogen-bond donors (Lipinski definition) is 1. The van der Waals surface area contributed by atoms with E-state index in [1.54, 1.807) is 6.07 Å². The van der Waals surface area contributed by atoms with Crippen LogP contribution in [0.1, 0.15) is 34.1 Å². The van der Waals surface area contributed by atoms with Crippen LogP contribution in [0.3, 0.4) is 0 Å². The molecule has 0 saturated carbocycles. The zero-order valence-corrected chi connectivity index (χ0v) is 13.3. The molecule has 0 aromatic heterocycles. The van der Waals surface area contributed by atoms with Crippen LogP contribution in [0.2, 0.25) is 0 Å². The minimum atomic E-state index is -3.53. The van der Waals surface area contributed by atoms with Crippen molar-refractivity contribution in [1.82, 2.24) is 4.72 Å². The summed E-state index contributed by atoms with van der Waals surface area (Å²) in [5, 5.41) is 0. The molecule has 1 aromatic carbocycles. The topological polar surface area (TPSA) is 64.6 Å². The Bertz CT molecular complexity index is 528. The highest BCUT2D eigenvalue weighted by molar-refractivity contribution is 7.89. The van der Waals surface area contributed by atoms with Crippen molar-refractivity contribution in [2.24, 2.45) is 0 Å². The number of ether oxygens (including phenoxy) is 2. The van der Waals surface area contributed by atoms with E-state index in [4.69, 9.17) is 9.47 Å². The summed E-state index contributed by atoms with van der Waals surface area (Å²) in [6.45, 7) is 8.41. The highest BCUT2D eigenvalue weighted by atomic mass is 32.2. The predicted octanol–water partition coefficient (Wildman–Crippen LogP) is 2.56. The highest BCUT2D eigenvalue weighted by Gasteiger charge is 2.19. The van der Waals surface area contributed by atoms with Gasteiger partial charge >= 0.3 is 0 Å². The van der Waals surface area contributed by atoms with Gasteiger partial charge < -0.3 is 9.47 Å². The van der Waals surface area contributed by atoms with Gasteiger partial charge in [0.15, 0.2) is 11.5 Å². The van der Waals surface area contributed by atoms with Crippen molar-refractivity contribution in [2.45, 2.75) is 45.1 Å². The molecule has 20 heavy (non-hydrogen) atoms. The van der Waals surface area contributed by atoms with Gasteiger partial charge in [-0.05, 0) is 39.3 Å². The second-order valence-electron chi connectivity index (χ2n) is 4.41. The molecule has 0 aliphatic rings. The molecule has 0 heterocycles. The molecule has 1 aromatic rings. The first-order valence-electron chi connectivity index (χ1n) is 6.86. The van der Waals surface area contributed by atoms with Crippen molar-refractivity contribution in [3.05, 3.63) is 18.2 Å². The van der Waals surface area contributed by atoms with Gasteiger partial charge in [0.25, 0.3) is 0 Å². The van der Waals surface area contributed by atoms with Crippen LogP contribution in [0.15, 0.2) is 23.1 Å². The van der Waals surface area contributed by atoms with Gasteiger partial charge in [-0.2, -0.15) is 0 Å². The first kappa shape index (κ1) is 16.8. The lowest BCUT2D eigenvalue weighted by molar-refractivity contribution is 0.287. The fourth-order valence-corrected chi connectivity index (χ4v) is 2.96. The molecule has 0 aliphatic carbocycles. The van der Waals surface area contributed by atoms with Gasteiger partial charge in [0.1, 0.15) is 0 Å². The lowest BCUT2D eigenvalue weighted by Gasteiger charge is -2.15. The van der Waals surface area contributed by atoms with E-state index in [0.717, 1.165) is 6.42 Å².